The first-order valence-electron chi connectivity index (χ1n) is 6.69. The lowest BCUT2D eigenvalue weighted by molar-refractivity contribution is -0.385. The first-order chi connectivity index (χ1) is 10.0. The highest BCUT2D eigenvalue weighted by Crippen LogP contribution is 2.34. The van der Waals surface area contributed by atoms with Gasteiger partial charge in [-0.2, -0.15) is 0 Å². The van der Waals surface area contributed by atoms with Crippen molar-refractivity contribution in [3.63, 3.8) is 0 Å². The molecule has 1 aromatic carbocycles. The minimum Gasteiger partial charge on any atom is -0.493 e. The monoisotopic (exact) mass is 296 g/mol. The molecule has 0 aromatic heterocycles. The zero-order valence-corrected chi connectivity index (χ0v) is 12.5. The molecule has 21 heavy (non-hydrogen) atoms. The number of amides is 1. The minimum absolute atomic E-state index is 0.0441. The molecule has 0 saturated carbocycles. The van der Waals surface area contributed by atoms with E-state index in [0.717, 1.165) is 6.42 Å². The lowest BCUT2D eigenvalue weighted by Crippen LogP contribution is -2.25. The summed E-state index contributed by atoms with van der Waals surface area (Å²) in [7, 11) is 2.89. The molecule has 1 amide bonds. The van der Waals surface area contributed by atoms with Gasteiger partial charge in [-0.25, -0.2) is 0 Å². The molecule has 0 unspecified atom stereocenters. The van der Waals surface area contributed by atoms with Gasteiger partial charge >= 0.3 is 0 Å². The van der Waals surface area contributed by atoms with E-state index in [1.54, 1.807) is 6.07 Å². The largest absolute Gasteiger partial charge is 0.493 e. The van der Waals surface area contributed by atoms with Gasteiger partial charge in [0, 0.05) is 18.5 Å². The van der Waals surface area contributed by atoms with Crippen LogP contribution in [0.2, 0.25) is 0 Å². The van der Waals surface area contributed by atoms with Crippen molar-refractivity contribution < 1.29 is 19.2 Å². The second kappa shape index (κ2) is 8.08. The third kappa shape index (κ3) is 4.62. The Hall–Kier alpha value is -2.31. The lowest BCUT2D eigenvalue weighted by atomic mass is 10.1. The van der Waals surface area contributed by atoms with E-state index >= 15 is 0 Å². The third-order valence-electron chi connectivity index (χ3n) is 2.98. The molecule has 0 bridgehead atoms. The van der Waals surface area contributed by atoms with Gasteiger partial charge in [-0.15, -0.1) is 0 Å². The summed E-state index contributed by atoms with van der Waals surface area (Å²) in [6.45, 7) is 2.26. The Morgan fingerprint density at radius 1 is 1.29 bits per heavy atom. The van der Waals surface area contributed by atoms with Crippen molar-refractivity contribution in [2.45, 2.75) is 26.2 Å². The number of rotatable bonds is 8. The molecule has 1 N–H and O–H groups in total. The Labute approximate surface area is 123 Å². The van der Waals surface area contributed by atoms with Crippen LogP contribution < -0.4 is 14.8 Å². The number of benzene rings is 1. The van der Waals surface area contributed by atoms with Crippen LogP contribution >= 0.6 is 0 Å². The second-order valence-corrected chi connectivity index (χ2v) is 4.44. The molecule has 7 heteroatoms. The molecule has 0 radical (unpaired) electrons. The minimum atomic E-state index is -0.467. The molecule has 0 atom stereocenters. The average molecular weight is 296 g/mol. The molecular formula is C14H20N2O5. The second-order valence-electron chi connectivity index (χ2n) is 4.44. The van der Waals surface area contributed by atoms with E-state index in [0.29, 0.717) is 36.4 Å². The Bertz CT molecular complexity index is 516. The van der Waals surface area contributed by atoms with Crippen LogP contribution in [0.25, 0.3) is 0 Å². The van der Waals surface area contributed by atoms with Crippen molar-refractivity contribution in [1.82, 2.24) is 5.32 Å². The van der Waals surface area contributed by atoms with E-state index in [1.165, 1.54) is 20.3 Å². The number of methoxy groups -OCH3 is 2. The summed E-state index contributed by atoms with van der Waals surface area (Å²) in [5.41, 5.74) is 0.451. The molecule has 1 rings (SSSR count). The zero-order chi connectivity index (χ0) is 15.8. The van der Waals surface area contributed by atoms with E-state index in [1.807, 2.05) is 6.92 Å². The predicted molar refractivity (Wildman–Crippen MR) is 77.8 cm³/mol. The lowest BCUT2D eigenvalue weighted by Gasteiger charge is -2.11. The number of nitro groups is 1. The Morgan fingerprint density at radius 3 is 2.43 bits per heavy atom. The van der Waals surface area contributed by atoms with Crippen LogP contribution in [0.5, 0.6) is 11.5 Å². The highest BCUT2D eigenvalue weighted by molar-refractivity contribution is 5.75. The van der Waals surface area contributed by atoms with Crippen LogP contribution in [0.1, 0.15) is 25.3 Å². The van der Waals surface area contributed by atoms with Gasteiger partial charge in [0.15, 0.2) is 11.5 Å². The first kappa shape index (κ1) is 16.7. The fourth-order valence-corrected chi connectivity index (χ4v) is 1.93. The van der Waals surface area contributed by atoms with E-state index in [4.69, 9.17) is 9.47 Å². The van der Waals surface area contributed by atoms with Crippen molar-refractivity contribution in [2.24, 2.45) is 0 Å². The fraction of sp³-hybridized carbons (Fsp3) is 0.500. The van der Waals surface area contributed by atoms with Gasteiger partial charge in [-0.3, -0.25) is 14.9 Å². The van der Waals surface area contributed by atoms with Crippen molar-refractivity contribution in [3.8, 4) is 11.5 Å². The van der Waals surface area contributed by atoms with Crippen molar-refractivity contribution in [1.29, 1.82) is 0 Å². The Morgan fingerprint density at radius 2 is 1.90 bits per heavy atom. The van der Waals surface area contributed by atoms with E-state index in [2.05, 4.69) is 5.32 Å². The van der Waals surface area contributed by atoms with Gasteiger partial charge in [0.25, 0.3) is 5.69 Å². The molecule has 0 spiro atoms. The Kier molecular flexibility index (Phi) is 6.45. The van der Waals surface area contributed by atoms with Gasteiger partial charge in [0.2, 0.25) is 5.91 Å². The molecule has 1 aromatic rings. The van der Waals surface area contributed by atoms with E-state index < -0.39 is 4.92 Å². The van der Waals surface area contributed by atoms with Crippen molar-refractivity contribution in [3.05, 3.63) is 27.8 Å². The summed E-state index contributed by atoms with van der Waals surface area (Å²) in [6.07, 6.45) is 1.57. The normalized spacial score (nSPS) is 10.0. The van der Waals surface area contributed by atoms with Gasteiger partial charge in [-0.1, -0.05) is 6.92 Å². The number of nitro benzene ring substituents is 1. The van der Waals surface area contributed by atoms with Crippen LogP contribution in [-0.4, -0.2) is 31.6 Å². The summed E-state index contributed by atoms with van der Waals surface area (Å²) < 4.78 is 10.2. The van der Waals surface area contributed by atoms with Crippen molar-refractivity contribution in [2.75, 3.05) is 20.8 Å². The number of carbonyl (C=O) groups excluding carboxylic acids is 1. The summed E-state index contributed by atoms with van der Waals surface area (Å²) in [6, 6.07) is 2.91. The highest BCUT2D eigenvalue weighted by Gasteiger charge is 2.19. The Balaban J connectivity index is 2.89. The molecule has 0 aliphatic carbocycles. The third-order valence-corrected chi connectivity index (χ3v) is 2.98. The maximum absolute atomic E-state index is 11.4. The van der Waals surface area contributed by atoms with Crippen LogP contribution in [-0.2, 0) is 11.2 Å². The van der Waals surface area contributed by atoms with Gasteiger partial charge in [0.1, 0.15) is 0 Å². The first-order valence-corrected chi connectivity index (χ1v) is 6.69. The maximum atomic E-state index is 11.4. The number of carbonyl (C=O) groups is 1. The zero-order valence-electron chi connectivity index (χ0n) is 12.5. The number of nitrogens with one attached hydrogen (secondary N) is 1. The van der Waals surface area contributed by atoms with Crippen LogP contribution in [0, 0.1) is 10.1 Å². The van der Waals surface area contributed by atoms with Gasteiger partial charge in [-0.05, 0) is 18.9 Å². The van der Waals surface area contributed by atoms with Crippen LogP contribution in [0.15, 0.2) is 12.1 Å². The number of ether oxygens (including phenoxy) is 2. The number of hydrogen-bond donors (Lipinski definition) is 1. The van der Waals surface area contributed by atoms with Crippen LogP contribution in [0.4, 0.5) is 5.69 Å². The van der Waals surface area contributed by atoms with Gasteiger partial charge in [0.05, 0.1) is 25.2 Å². The molecule has 116 valence electrons. The number of hydrogen-bond acceptors (Lipinski definition) is 5. The molecular weight excluding hydrogens is 276 g/mol. The summed E-state index contributed by atoms with van der Waals surface area (Å²) in [5, 5.41) is 13.8. The van der Waals surface area contributed by atoms with E-state index in [-0.39, 0.29) is 11.6 Å². The molecule has 0 aliphatic heterocycles. The summed E-state index contributed by atoms with van der Waals surface area (Å²) in [4.78, 5) is 22.0. The highest BCUT2D eigenvalue weighted by atomic mass is 16.6. The maximum Gasteiger partial charge on any atom is 0.276 e. The fourth-order valence-electron chi connectivity index (χ4n) is 1.93. The summed E-state index contributed by atoms with van der Waals surface area (Å²) >= 11 is 0. The molecule has 0 heterocycles. The molecule has 0 saturated heterocycles. The SMILES string of the molecule is CCCC(=O)NCCc1cc(OC)c(OC)cc1[N+](=O)[O-]. The smallest absolute Gasteiger partial charge is 0.276 e. The molecule has 7 nitrogen and oxygen atoms in total. The summed E-state index contributed by atoms with van der Waals surface area (Å²) in [5.74, 6) is 0.682. The van der Waals surface area contributed by atoms with E-state index in [9.17, 15) is 14.9 Å². The average Bonchev–Trinajstić information content (AvgIpc) is 2.46. The standard InChI is InChI=1S/C14H20N2O5/c1-4-5-14(17)15-7-6-10-8-12(20-2)13(21-3)9-11(10)16(18)19/h8-9H,4-7H2,1-3H3,(H,15,17). The molecule has 0 fully saturated rings. The number of nitrogens with zero attached hydrogens (tertiary/aromatic N) is 1. The van der Waals surface area contributed by atoms with Gasteiger partial charge < -0.3 is 14.8 Å². The van der Waals surface area contributed by atoms with Crippen LogP contribution in [0.3, 0.4) is 0 Å². The predicted octanol–water partition coefficient (Wildman–Crippen LogP) is 2.07. The molecule has 0 aliphatic rings. The quantitative estimate of drug-likeness (QED) is 0.586. The van der Waals surface area contributed by atoms with Crippen molar-refractivity contribution >= 4 is 11.6 Å². The topological polar surface area (TPSA) is 90.7 Å².